The number of benzene rings is 2. The minimum absolute atomic E-state index is 0.0339. The summed E-state index contributed by atoms with van der Waals surface area (Å²) < 4.78 is 27.0. The highest BCUT2D eigenvalue weighted by molar-refractivity contribution is 7.98. The van der Waals surface area contributed by atoms with Gasteiger partial charge in [-0.05, 0) is 43.4 Å². The number of carbonyl (C=O) groups is 1. The van der Waals surface area contributed by atoms with Gasteiger partial charge in [0.2, 0.25) is 10.0 Å². The van der Waals surface area contributed by atoms with Crippen LogP contribution in [0.25, 0.3) is 0 Å². The van der Waals surface area contributed by atoms with Crippen LogP contribution in [-0.2, 0) is 22.3 Å². The molecular formula is C19H23N3O5S2. The molecule has 0 aliphatic carbocycles. The Morgan fingerprint density at radius 3 is 2.41 bits per heavy atom. The Balaban J connectivity index is 2.21. The summed E-state index contributed by atoms with van der Waals surface area (Å²) in [7, 11) is -3.53. The number of hydrogen-bond donors (Lipinski definition) is 2. The third-order valence-corrected chi connectivity index (χ3v) is 6.21. The smallest absolute Gasteiger partial charge is 0.282 e. The molecular weight excluding hydrogens is 414 g/mol. The zero-order chi connectivity index (χ0) is 21.6. The summed E-state index contributed by atoms with van der Waals surface area (Å²) in [6.45, 7) is 3.52. The molecule has 29 heavy (non-hydrogen) atoms. The molecule has 0 bridgehead atoms. The maximum absolute atomic E-state index is 12.6. The number of sulfonamides is 1. The van der Waals surface area contributed by atoms with Crippen LogP contribution >= 0.6 is 11.8 Å². The van der Waals surface area contributed by atoms with Crippen LogP contribution < -0.4 is 10.0 Å². The fourth-order valence-electron chi connectivity index (χ4n) is 2.73. The summed E-state index contributed by atoms with van der Waals surface area (Å²) in [5.41, 5.74) is 0.859. The zero-order valence-corrected chi connectivity index (χ0v) is 18.0. The predicted octanol–water partition coefficient (Wildman–Crippen LogP) is 3.07. The molecule has 0 saturated heterocycles. The summed E-state index contributed by atoms with van der Waals surface area (Å²) >= 11 is 1.37. The monoisotopic (exact) mass is 437 g/mol. The number of hydrogen-bond acceptors (Lipinski definition) is 6. The van der Waals surface area contributed by atoms with Crippen LogP contribution in [0.3, 0.4) is 0 Å². The first-order valence-corrected chi connectivity index (χ1v) is 11.7. The van der Waals surface area contributed by atoms with E-state index in [2.05, 4.69) is 10.0 Å². The van der Waals surface area contributed by atoms with Crippen molar-refractivity contribution >= 4 is 33.4 Å². The summed E-state index contributed by atoms with van der Waals surface area (Å²) in [5.74, 6) is -0.815. The molecule has 0 aliphatic rings. The number of thioether (sulfide) groups is 1. The van der Waals surface area contributed by atoms with Crippen LogP contribution in [-0.4, -0.2) is 31.5 Å². The third-order valence-electron chi connectivity index (χ3n) is 3.96. The molecule has 0 spiro atoms. The van der Waals surface area contributed by atoms with Crippen molar-refractivity contribution in [3.8, 4) is 0 Å². The fourth-order valence-corrected chi connectivity index (χ4v) is 4.66. The molecule has 0 saturated carbocycles. The number of carbonyl (C=O) groups excluding carboxylic acids is 1. The second-order valence-corrected chi connectivity index (χ2v) is 9.26. The van der Waals surface area contributed by atoms with Gasteiger partial charge in [-0.25, -0.2) is 13.1 Å². The van der Waals surface area contributed by atoms with Crippen molar-refractivity contribution in [2.24, 2.45) is 0 Å². The standard InChI is InChI=1S/C19H23N3O5S2/c1-13(2)21-29(26,27)12-15-7-5-4-6-14(15)11-20-19(23)17-10-16(28-3)8-9-18(17)22(24)25/h4-10,13,21H,11-12H2,1-3H3,(H,20,23). The second kappa shape index (κ2) is 9.86. The molecule has 0 aromatic heterocycles. The number of nitro groups is 1. The van der Waals surface area contributed by atoms with E-state index in [-0.39, 0.29) is 29.6 Å². The maximum Gasteiger partial charge on any atom is 0.282 e. The second-order valence-electron chi connectivity index (χ2n) is 6.62. The number of nitrogens with one attached hydrogen (secondary N) is 2. The first-order valence-electron chi connectivity index (χ1n) is 8.80. The minimum atomic E-state index is -3.53. The topological polar surface area (TPSA) is 118 Å². The van der Waals surface area contributed by atoms with E-state index in [1.165, 1.54) is 23.9 Å². The molecule has 10 heteroatoms. The molecule has 0 heterocycles. The lowest BCUT2D eigenvalue weighted by molar-refractivity contribution is -0.385. The summed E-state index contributed by atoms with van der Waals surface area (Å²) in [4.78, 5) is 24.0. The molecule has 2 rings (SSSR count). The average Bonchev–Trinajstić information content (AvgIpc) is 2.65. The van der Waals surface area contributed by atoms with Crippen molar-refractivity contribution in [3.05, 3.63) is 69.3 Å². The van der Waals surface area contributed by atoms with Crippen molar-refractivity contribution in [2.75, 3.05) is 6.26 Å². The Labute approximate surface area is 174 Å². The van der Waals surface area contributed by atoms with Crippen molar-refractivity contribution in [1.82, 2.24) is 10.0 Å². The zero-order valence-electron chi connectivity index (χ0n) is 16.3. The Bertz CT molecular complexity index is 1010. The van der Waals surface area contributed by atoms with E-state index in [1.54, 1.807) is 44.2 Å². The SMILES string of the molecule is CSc1ccc([N+](=O)[O-])c(C(=O)NCc2ccccc2CS(=O)(=O)NC(C)C)c1. The van der Waals surface area contributed by atoms with E-state index in [0.717, 1.165) is 4.90 Å². The van der Waals surface area contributed by atoms with E-state index >= 15 is 0 Å². The lowest BCUT2D eigenvalue weighted by Gasteiger charge is -2.13. The van der Waals surface area contributed by atoms with E-state index in [4.69, 9.17) is 0 Å². The lowest BCUT2D eigenvalue weighted by atomic mass is 10.1. The highest BCUT2D eigenvalue weighted by Crippen LogP contribution is 2.25. The lowest BCUT2D eigenvalue weighted by Crippen LogP contribution is -2.32. The molecule has 0 atom stereocenters. The summed E-state index contributed by atoms with van der Waals surface area (Å²) in [5, 5.41) is 13.9. The van der Waals surface area contributed by atoms with Gasteiger partial charge in [0.05, 0.1) is 10.7 Å². The van der Waals surface area contributed by atoms with Gasteiger partial charge in [-0.2, -0.15) is 0 Å². The van der Waals surface area contributed by atoms with E-state index < -0.39 is 20.9 Å². The first kappa shape index (κ1) is 22.9. The first-order chi connectivity index (χ1) is 13.6. The highest BCUT2D eigenvalue weighted by atomic mass is 32.2. The van der Waals surface area contributed by atoms with Gasteiger partial charge in [-0.1, -0.05) is 24.3 Å². The predicted molar refractivity (Wildman–Crippen MR) is 113 cm³/mol. The minimum Gasteiger partial charge on any atom is -0.348 e. The molecule has 2 aromatic rings. The van der Waals surface area contributed by atoms with Crippen LogP contribution in [0.1, 0.15) is 35.3 Å². The van der Waals surface area contributed by atoms with Crippen molar-refractivity contribution in [3.63, 3.8) is 0 Å². The molecule has 156 valence electrons. The van der Waals surface area contributed by atoms with E-state index in [1.807, 2.05) is 6.26 Å². The maximum atomic E-state index is 12.6. The van der Waals surface area contributed by atoms with Crippen LogP contribution in [0.4, 0.5) is 5.69 Å². The van der Waals surface area contributed by atoms with Crippen LogP contribution in [0.2, 0.25) is 0 Å². The number of nitrogens with zero attached hydrogens (tertiary/aromatic N) is 1. The van der Waals surface area contributed by atoms with Gasteiger partial charge in [-0.15, -0.1) is 11.8 Å². The number of amides is 1. The van der Waals surface area contributed by atoms with Crippen molar-refractivity contribution < 1.29 is 18.1 Å². The van der Waals surface area contributed by atoms with Crippen LogP contribution in [0, 0.1) is 10.1 Å². The molecule has 0 fully saturated rings. The summed E-state index contributed by atoms with van der Waals surface area (Å²) in [6, 6.07) is 11.0. The van der Waals surface area contributed by atoms with Gasteiger partial charge < -0.3 is 5.32 Å². The number of rotatable bonds is 9. The third kappa shape index (κ3) is 6.55. The van der Waals surface area contributed by atoms with Gasteiger partial charge in [0, 0.05) is 23.5 Å². The Kier molecular flexibility index (Phi) is 7.77. The van der Waals surface area contributed by atoms with Crippen molar-refractivity contribution in [1.29, 1.82) is 0 Å². The molecule has 0 aliphatic heterocycles. The quantitative estimate of drug-likeness (QED) is 0.354. The van der Waals surface area contributed by atoms with Crippen molar-refractivity contribution in [2.45, 2.75) is 37.1 Å². The molecule has 2 aromatic carbocycles. The fraction of sp³-hybridized carbons (Fsp3) is 0.316. The van der Waals surface area contributed by atoms with E-state index in [9.17, 15) is 23.3 Å². The van der Waals surface area contributed by atoms with Gasteiger partial charge in [0.1, 0.15) is 5.56 Å². The average molecular weight is 438 g/mol. The number of nitro benzene ring substituents is 1. The Hall–Kier alpha value is -2.43. The highest BCUT2D eigenvalue weighted by Gasteiger charge is 2.21. The van der Waals surface area contributed by atoms with Gasteiger partial charge in [0.15, 0.2) is 0 Å². The van der Waals surface area contributed by atoms with Gasteiger partial charge in [0.25, 0.3) is 11.6 Å². The molecule has 0 radical (unpaired) electrons. The largest absolute Gasteiger partial charge is 0.348 e. The molecule has 2 N–H and O–H groups in total. The van der Waals surface area contributed by atoms with Crippen LogP contribution in [0.15, 0.2) is 47.4 Å². The van der Waals surface area contributed by atoms with E-state index in [0.29, 0.717) is 11.1 Å². The molecule has 1 amide bonds. The Morgan fingerprint density at radius 2 is 1.83 bits per heavy atom. The van der Waals surface area contributed by atoms with Crippen LogP contribution in [0.5, 0.6) is 0 Å². The Morgan fingerprint density at radius 1 is 1.17 bits per heavy atom. The summed E-state index contributed by atoms with van der Waals surface area (Å²) in [6.07, 6.45) is 1.81. The van der Waals surface area contributed by atoms with Gasteiger partial charge in [-0.3, -0.25) is 14.9 Å². The van der Waals surface area contributed by atoms with Gasteiger partial charge >= 0.3 is 0 Å². The molecule has 0 unspecified atom stereocenters. The molecule has 8 nitrogen and oxygen atoms in total. The normalized spacial score (nSPS) is 11.4.